The maximum Gasteiger partial charge on any atom is 0.333 e. The van der Waals surface area contributed by atoms with Gasteiger partial charge < -0.3 is 10.2 Å². The average Bonchev–Trinajstić information content (AvgIpc) is 3.06. The highest BCUT2D eigenvalue weighted by Crippen LogP contribution is 2.20. The first-order valence-corrected chi connectivity index (χ1v) is 6.69. The Labute approximate surface area is 114 Å². The van der Waals surface area contributed by atoms with Crippen LogP contribution in [0.15, 0.2) is 22.7 Å². The third-order valence-electron chi connectivity index (χ3n) is 2.40. The van der Waals surface area contributed by atoms with Crippen molar-refractivity contribution in [3.63, 3.8) is 0 Å². The first-order chi connectivity index (χ1) is 9.20. The number of carbonyl (C=O) groups is 2. The van der Waals surface area contributed by atoms with Gasteiger partial charge >= 0.3 is 6.03 Å². The van der Waals surface area contributed by atoms with Gasteiger partial charge in [0.05, 0.1) is 4.88 Å². The van der Waals surface area contributed by atoms with Crippen LogP contribution in [0, 0.1) is 0 Å². The van der Waals surface area contributed by atoms with Gasteiger partial charge in [-0.1, -0.05) is 11.2 Å². The second kappa shape index (κ2) is 6.19. The molecule has 3 amide bonds. The Morgan fingerprint density at radius 1 is 1.53 bits per heavy atom. The zero-order valence-corrected chi connectivity index (χ0v) is 11.1. The number of oxime groups is 1. The number of amides is 3. The number of hydrogen-bond acceptors (Lipinski definition) is 5. The zero-order valence-electron chi connectivity index (χ0n) is 10.3. The molecule has 2 rings (SSSR count). The molecule has 7 nitrogen and oxygen atoms in total. The second-order valence-corrected chi connectivity index (χ2v) is 4.73. The molecule has 0 saturated carbocycles. The number of urea groups is 1. The molecule has 0 radical (unpaired) electrons. The molecule has 2 heterocycles. The van der Waals surface area contributed by atoms with E-state index in [4.69, 9.17) is 4.84 Å². The number of nitrogens with zero attached hydrogens (tertiary/aromatic N) is 1. The van der Waals surface area contributed by atoms with Crippen LogP contribution in [0.25, 0.3) is 0 Å². The summed E-state index contributed by atoms with van der Waals surface area (Å²) in [6.45, 7) is 2.26. The van der Waals surface area contributed by atoms with Crippen LogP contribution in [-0.2, 0) is 9.63 Å². The normalized spacial score (nSPS) is 17.3. The van der Waals surface area contributed by atoms with Crippen molar-refractivity contribution in [2.75, 3.05) is 6.54 Å². The lowest BCUT2D eigenvalue weighted by Gasteiger charge is -2.10. The van der Waals surface area contributed by atoms with E-state index in [1.165, 1.54) is 11.3 Å². The summed E-state index contributed by atoms with van der Waals surface area (Å²) in [6, 6.07) is 3.36. The van der Waals surface area contributed by atoms with E-state index < -0.39 is 18.0 Å². The lowest BCUT2D eigenvalue weighted by molar-refractivity contribution is -0.131. The fourth-order valence-electron chi connectivity index (χ4n) is 1.51. The van der Waals surface area contributed by atoms with E-state index in [-0.39, 0.29) is 0 Å². The number of carbonyl (C=O) groups excluding carboxylic acids is 2. The van der Waals surface area contributed by atoms with Crippen LogP contribution in [0.3, 0.4) is 0 Å². The van der Waals surface area contributed by atoms with Gasteiger partial charge in [0, 0.05) is 13.0 Å². The van der Waals surface area contributed by atoms with Crippen LogP contribution in [0.4, 0.5) is 4.79 Å². The Kier molecular flexibility index (Phi) is 4.35. The average molecular weight is 282 g/mol. The molecule has 1 aliphatic rings. The Morgan fingerprint density at radius 3 is 3.05 bits per heavy atom. The van der Waals surface area contributed by atoms with Crippen LogP contribution < -0.4 is 16.2 Å². The van der Waals surface area contributed by atoms with Crippen molar-refractivity contribution in [2.24, 2.45) is 5.16 Å². The van der Waals surface area contributed by atoms with Gasteiger partial charge in [0.15, 0.2) is 0 Å². The molecule has 0 spiro atoms. The van der Waals surface area contributed by atoms with Gasteiger partial charge in [0.25, 0.3) is 5.91 Å². The Balaban J connectivity index is 1.79. The summed E-state index contributed by atoms with van der Waals surface area (Å²) >= 11 is 1.54. The zero-order chi connectivity index (χ0) is 13.7. The van der Waals surface area contributed by atoms with Crippen molar-refractivity contribution in [3.8, 4) is 0 Å². The van der Waals surface area contributed by atoms with E-state index in [9.17, 15) is 9.59 Å². The monoisotopic (exact) mass is 282 g/mol. The number of hydrazine groups is 1. The van der Waals surface area contributed by atoms with E-state index in [1.807, 2.05) is 17.5 Å². The highest BCUT2D eigenvalue weighted by Gasteiger charge is 2.29. The van der Waals surface area contributed by atoms with Crippen LogP contribution in [0.1, 0.15) is 18.2 Å². The van der Waals surface area contributed by atoms with Crippen molar-refractivity contribution < 1.29 is 14.4 Å². The highest BCUT2D eigenvalue weighted by atomic mass is 32.1. The van der Waals surface area contributed by atoms with Gasteiger partial charge in [-0.2, -0.15) is 0 Å². The Bertz CT molecular complexity index is 486. The van der Waals surface area contributed by atoms with E-state index in [1.54, 1.807) is 6.92 Å². The molecule has 3 N–H and O–H groups in total. The minimum Gasteiger partial charge on any atom is -0.382 e. The molecule has 0 bridgehead atoms. The minimum absolute atomic E-state index is 0.392. The first kappa shape index (κ1) is 13.3. The molecule has 0 fully saturated rings. The standard InChI is InChI=1S/C11H14N4O3S/c1-2-12-11(17)14-13-10(16)8-6-7(15-18-8)9-4-3-5-19-9/h3-5,8H,2,6H2,1H3,(H,13,16)(H2,12,14,17)/t8-/m1/s1. The summed E-state index contributed by atoms with van der Waals surface area (Å²) in [7, 11) is 0. The van der Waals surface area contributed by atoms with Crippen molar-refractivity contribution in [1.82, 2.24) is 16.2 Å². The van der Waals surface area contributed by atoms with Crippen molar-refractivity contribution in [1.29, 1.82) is 0 Å². The van der Waals surface area contributed by atoms with E-state index in [2.05, 4.69) is 21.3 Å². The maximum absolute atomic E-state index is 11.7. The summed E-state index contributed by atoms with van der Waals surface area (Å²) < 4.78 is 0. The van der Waals surface area contributed by atoms with Crippen LogP contribution in [0.5, 0.6) is 0 Å². The Morgan fingerprint density at radius 2 is 2.37 bits per heavy atom. The number of nitrogens with one attached hydrogen (secondary N) is 3. The second-order valence-electron chi connectivity index (χ2n) is 3.79. The third-order valence-corrected chi connectivity index (χ3v) is 3.32. The summed E-state index contributed by atoms with van der Waals surface area (Å²) in [5.74, 6) is -0.429. The number of rotatable bonds is 3. The van der Waals surface area contributed by atoms with Crippen LogP contribution >= 0.6 is 11.3 Å². The Hall–Kier alpha value is -2.09. The van der Waals surface area contributed by atoms with E-state index >= 15 is 0 Å². The van der Waals surface area contributed by atoms with Crippen molar-refractivity contribution in [2.45, 2.75) is 19.4 Å². The SMILES string of the molecule is CCNC(=O)NNC(=O)[C@H]1CC(c2cccs2)=NO1. The predicted octanol–water partition coefficient (Wildman–Crippen LogP) is 0.591. The lowest BCUT2D eigenvalue weighted by atomic mass is 10.1. The topological polar surface area (TPSA) is 91.8 Å². The molecule has 19 heavy (non-hydrogen) atoms. The molecule has 0 aromatic carbocycles. The van der Waals surface area contributed by atoms with Gasteiger partial charge in [0.1, 0.15) is 5.71 Å². The van der Waals surface area contributed by atoms with E-state index in [0.29, 0.717) is 13.0 Å². The molecule has 1 aromatic rings. The molecule has 0 unspecified atom stereocenters. The number of hydrogen-bond donors (Lipinski definition) is 3. The van der Waals surface area contributed by atoms with Gasteiger partial charge in [-0.05, 0) is 18.4 Å². The first-order valence-electron chi connectivity index (χ1n) is 5.81. The summed E-state index contributed by atoms with van der Waals surface area (Å²) in [5, 5.41) is 8.30. The molecule has 8 heteroatoms. The van der Waals surface area contributed by atoms with Gasteiger partial charge in [-0.25, -0.2) is 10.2 Å². The fraction of sp³-hybridized carbons (Fsp3) is 0.364. The summed E-state index contributed by atoms with van der Waals surface area (Å²) in [4.78, 5) is 28.9. The molecular weight excluding hydrogens is 268 g/mol. The fourth-order valence-corrected chi connectivity index (χ4v) is 2.23. The smallest absolute Gasteiger partial charge is 0.333 e. The van der Waals surface area contributed by atoms with Crippen molar-refractivity contribution in [3.05, 3.63) is 22.4 Å². The largest absolute Gasteiger partial charge is 0.382 e. The minimum atomic E-state index is -0.709. The van der Waals surface area contributed by atoms with Crippen molar-refractivity contribution >= 4 is 29.0 Å². The maximum atomic E-state index is 11.7. The molecule has 1 aromatic heterocycles. The van der Waals surface area contributed by atoms with Crippen LogP contribution in [-0.4, -0.2) is 30.3 Å². The highest BCUT2D eigenvalue weighted by molar-refractivity contribution is 7.12. The van der Waals surface area contributed by atoms with Crippen LogP contribution in [0.2, 0.25) is 0 Å². The summed E-state index contributed by atoms with van der Waals surface area (Å²) in [5.41, 5.74) is 5.25. The molecule has 1 aliphatic heterocycles. The number of thiophene rings is 1. The van der Waals surface area contributed by atoms with E-state index in [0.717, 1.165) is 10.6 Å². The molecule has 102 valence electrons. The van der Waals surface area contributed by atoms with Gasteiger partial charge in [-0.15, -0.1) is 11.3 Å². The molecule has 0 saturated heterocycles. The molecule has 0 aliphatic carbocycles. The third kappa shape index (κ3) is 3.44. The van der Waals surface area contributed by atoms with Gasteiger partial charge in [-0.3, -0.25) is 10.2 Å². The summed E-state index contributed by atoms with van der Waals surface area (Å²) in [6.07, 6.45) is -0.317. The lowest BCUT2D eigenvalue weighted by Crippen LogP contribution is -2.50. The van der Waals surface area contributed by atoms with Gasteiger partial charge in [0.2, 0.25) is 6.10 Å². The predicted molar refractivity (Wildman–Crippen MR) is 70.7 cm³/mol. The molecule has 1 atom stereocenters. The molecular formula is C11H14N4O3S. The quantitative estimate of drug-likeness (QED) is 0.709.